The Morgan fingerprint density at radius 2 is 2.00 bits per heavy atom. The van der Waals surface area contributed by atoms with Crippen LogP contribution in [0, 0.1) is 0 Å². The van der Waals surface area contributed by atoms with Crippen LogP contribution in [0.2, 0.25) is 0 Å². The summed E-state index contributed by atoms with van der Waals surface area (Å²) in [5, 5.41) is 3.23. The SMILES string of the molecule is CC(=O)CCOC1(NC(C)C)C=CC(=O)C=C1. The summed E-state index contributed by atoms with van der Waals surface area (Å²) in [6, 6.07) is 0.204. The molecule has 0 saturated carbocycles. The van der Waals surface area contributed by atoms with Crippen molar-refractivity contribution >= 4 is 11.6 Å². The molecule has 17 heavy (non-hydrogen) atoms. The minimum Gasteiger partial charge on any atom is -0.353 e. The highest BCUT2D eigenvalue weighted by atomic mass is 16.5. The van der Waals surface area contributed by atoms with E-state index in [1.807, 2.05) is 13.8 Å². The Hall–Kier alpha value is -1.26. The molecular formula is C13H19NO3. The van der Waals surface area contributed by atoms with E-state index in [9.17, 15) is 9.59 Å². The molecule has 0 aromatic carbocycles. The highest BCUT2D eigenvalue weighted by Crippen LogP contribution is 2.17. The lowest BCUT2D eigenvalue weighted by atomic mass is 10.0. The van der Waals surface area contributed by atoms with Gasteiger partial charge in [0.2, 0.25) is 0 Å². The summed E-state index contributed by atoms with van der Waals surface area (Å²) in [6.45, 7) is 5.85. The summed E-state index contributed by atoms with van der Waals surface area (Å²) < 4.78 is 5.68. The molecule has 1 N–H and O–H groups in total. The average molecular weight is 237 g/mol. The monoisotopic (exact) mass is 237 g/mol. The van der Waals surface area contributed by atoms with Crippen molar-refractivity contribution in [3.63, 3.8) is 0 Å². The number of nitrogens with one attached hydrogen (secondary N) is 1. The molecule has 94 valence electrons. The Morgan fingerprint density at radius 3 is 2.47 bits per heavy atom. The topological polar surface area (TPSA) is 55.4 Å². The zero-order valence-electron chi connectivity index (χ0n) is 10.5. The zero-order valence-corrected chi connectivity index (χ0v) is 10.5. The molecule has 4 nitrogen and oxygen atoms in total. The largest absolute Gasteiger partial charge is 0.353 e. The molecule has 0 radical (unpaired) electrons. The number of rotatable bonds is 6. The van der Waals surface area contributed by atoms with Crippen molar-refractivity contribution in [1.29, 1.82) is 0 Å². The highest BCUT2D eigenvalue weighted by Gasteiger charge is 2.27. The number of allylic oxidation sites excluding steroid dienone is 2. The van der Waals surface area contributed by atoms with Gasteiger partial charge in [-0.1, -0.05) is 0 Å². The maximum atomic E-state index is 11.1. The third kappa shape index (κ3) is 4.63. The van der Waals surface area contributed by atoms with E-state index in [1.165, 1.54) is 19.1 Å². The molecule has 0 atom stereocenters. The maximum absolute atomic E-state index is 11.1. The smallest absolute Gasteiger partial charge is 0.178 e. The van der Waals surface area contributed by atoms with Crippen LogP contribution in [0.1, 0.15) is 27.2 Å². The normalized spacial score (nSPS) is 17.8. The lowest BCUT2D eigenvalue weighted by Crippen LogP contribution is -2.49. The fourth-order valence-corrected chi connectivity index (χ4v) is 1.57. The second-order valence-electron chi connectivity index (χ2n) is 4.46. The predicted octanol–water partition coefficient (Wildman–Crippen LogP) is 1.37. The van der Waals surface area contributed by atoms with Crippen LogP contribution in [0.5, 0.6) is 0 Å². The predicted molar refractivity (Wildman–Crippen MR) is 65.5 cm³/mol. The van der Waals surface area contributed by atoms with Crippen molar-refractivity contribution in [3.8, 4) is 0 Å². The molecule has 0 aromatic heterocycles. The number of hydrogen-bond donors (Lipinski definition) is 1. The van der Waals surface area contributed by atoms with E-state index in [0.717, 1.165) is 0 Å². The van der Waals surface area contributed by atoms with Gasteiger partial charge in [-0.05, 0) is 45.1 Å². The molecule has 0 aliphatic heterocycles. The minimum absolute atomic E-state index is 0.0543. The number of hydrogen-bond acceptors (Lipinski definition) is 4. The number of carbonyl (C=O) groups excluding carboxylic acids is 2. The number of carbonyl (C=O) groups is 2. The van der Waals surface area contributed by atoms with E-state index in [-0.39, 0.29) is 17.6 Å². The molecule has 0 bridgehead atoms. The van der Waals surface area contributed by atoms with E-state index < -0.39 is 5.72 Å². The van der Waals surface area contributed by atoms with Gasteiger partial charge in [0.25, 0.3) is 0 Å². The Morgan fingerprint density at radius 1 is 1.41 bits per heavy atom. The van der Waals surface area contributed by atoms with Crippen molar-refractivity contribution in [2.75, 3.05) is 6.61 Å². The number of Topliss-reactive ketones (excluding diaryl/α,β-unsaturated/α-hetero) is 1. The quantitative estimate of drug-likeness (QED) is 0.709. The first kappa shape index (κ1) is 13.8. The molecule has 0 saturated heterocycles. The molecular weight excluding hydrogens is 218 g/mol. The van der Waals surface area contributed by atoms with Gasteiger partial charge in [-0.15, -0.1) is 0 Å². The van der Waals surface area contributed by atoms with Gasteiger partial charge in [-0.2, -0.15) is 0 Å². The fourth-order valence-electron chi connectivity index (χ4n) is 1.57. The fraction of sp³-hybridized carbons (Fsp3) is 0.538. The van der Waals surface area contributed by atoms with E-state index in [4.69, 9.17) is 4.74 Å². The van der Waals surface area contributed by atoms with Gasteiger partial charge in [0.15, 0.2) is 11.5 Å². The Kier molecular flexibility index (Phi) is 4.78. The van der Waals surface area contributed by atoms with Crippen molar-refractivity contribution in [2.24, 2.45) is 0 Å². The van der Waals surface area contributed by atoms with Crippen molar-refractivity contribution in [1.82, 2.24) is 5.32 Å². The van der Waals surface area contributed by atoms with Crippen LogP contribution in [0.25, 0.3) is 0 Å². The van der Waals surface area contributed by atoms with Gasteiger partial charge in [-0.3, -0.25) is 14.9 Å². The highest BCUT2D eigenvalue weighted by molar-refractivity contribution is 6.00. The van der Waals surface area contributed by atoms with Gasteiger partial charge in [0.05, 0.1) is 6.61 Å². The average Bonchev–Trinajstić information content (AvgIpc) is 2.21. The minimum atomic E-state index is -0.766. The second-order valence-corrected chi connectivity index (χ2v) is 4.46. The maximum Gasteiger partial charge on any atom is 0.178 e. The van der Waals surface area contributed by atoms with Gasteiger partial charge in [-0.25, -0.2) is 0 Å². The lowest BCUT2D eigenvalue weighted by molar-refractivity contribution is -0.119. The molecule has 0 aromatic rings. The van der Waals surface area contributed by atoms with Crippen LogP contribution in [0.4, 0.5) is 0 Å². The summed E-state index contributed by atoms with van der Waals surface area (Å²) in [6.07, 6.45) is 6.70. The van der Waals surface area contributed by atoms with Gasteiger partial charge in [0.1, 0.15) is 5.78 Å². The van der Waals surface area contributed by atoms with E-state index in [0.29, 0.717) is 13.0 Å². The number of ether oxygens (including phenoxy) is 1. The molecule has 0 heterocycles. The molecule has 4 heteroatoms. The summed E-state index contributed by atoms with van der Waals surface area (Å²) in [7, 11) is 0. The van der Waals surface area contributed by atoms with Crippen LogP contribution in [-0.4, -0.2) is 29.9 Å². The molecule has 0 unspecified atom stereocenters. The zero-order chi connectivity index (χ0) is 12.9. The summed E-state index contributed by atoms with van der Waals surface area (Å²) in [5.41, 5.74) is -0.766. The Bertz CT molecular complexity index is 340. The molecule has 0 fully saturated rings. The summed E-state index contributed by atoms with van der Waals surface area (Å²) in [4.78, 5) is 22.0. The number of ketones is 2. The van der Waals surface area contributed by atoms with Gasteiger partial charge < -0.3 is 4.74 Å². The van der Waals surface area contributed by atoms with Crippen molar-refractivity contribution in [2.45, 2.75) is 39.0 Å². The van der Waals surface area contributed by atoms with E-state index in [2.05, 4.69) is 5.32 Å². The van der Waals surface area contributed by atoms with E-state index >= 15 is 0 Å². The third-order valence-corrected chi connectivity index (χ3v) is 2.30. The Balaban J connectivity index is 2.67. The van der Waals surface area contributed by atoms with Crippen LogP contribution < -0.4 is 5.32 Å². The molecule has 0 amide bonds. The second kappa shape index (κ2) is 5.89. The lowest BCUT2D eigenvalue weighted by Gasteiger charge is -2.32. The summed E-state index contributed by atoms with van der Waals surface area (Å²) >= 11 is 0. The molecule has 1 aliphatic rings. The first-order valence-electron chi connectivity index (χ1n) is 5.77. The first-order chi connectivity index (χ1) is 7.93. The van der Waals surface area contributed by atoms with Crippen LogP contribution in [0.3, 0.4) is 0 Å². The molecule has 1 aliphatic carbocycles. The first-order valence-corrected chi connectivity index (χ1v) is 5.77. The standard InChI is InChI=1S/C13H19NO3/c1-10(2)14-13(17-9-6-11(3)15)7-4-12(16)5-8-13/h4-5,7-8,10,14H,6,9H2,1-3H3. The Labute approximate surface area is 102 Å². The summed E-state index contributed by atoms with van der Waals surface area (Å²) in [5.74, 6) is 0.0332. The van der Waals surface area contributed by atoms with Gasteiger partial charge >= 0.3 is 0 Å². The third-order valence-electron chi connectivity index (χ3n) is 2.30. The van der Waals surface area contributed by atoms with Gasteiger partial charge in [0, 0.05) is 12.5 Å². The van der Waals surface area contributed by atoms with Crippen LogP contribution >= 0.6 is 0 Å². The molecule has 1 rings (SSSR count). The van der Waals surface area contributed by atoms with E-state index in [1.54, 1.807) is 12.2 Å². The van der Waals surface area contributed by atoms with Crippen LogP contribution in [-0.2, 0) is 14.3 Å². The van der Waals surface area contributed by atoms with Crippen LogP contribution in [0.15, 0.2) is 24.3 Å². The van der Waals surface area contributed by atoms with Crippen molar-refractivity contribution < 1.29 is 14.3 Å². The van der Waals surface area contributed by atoms with Crippen molar-refractivity contribution in [3.05, 3.63) is 24.3 Å². The molecule has 0 spiro atoms.